The number of carbonyl (C=O) groups is 1. The summed E-state index contributed by atoms with van der Waals surface area (Å²) in [5, 5.41) is 8.34. The third kappa shape index (κ3) is 13.8. The third-order valence-electron chi connectivity index (χ3n) is 1.24. The van der Waals surface area contributed by atoms with Gasteiger partial charge in [-0.1, -0.05) is 25.5 Å². The van der Waals surface area contributed by atoms with Crippen molar-refractivity contribution in [3.05, 3.63) is 24.3 Å². The summed E-state index contributed by atoms with van der Waals surface area (Å²) in [5.41, 5.74) is 5.35. The average molecular weight is 185 g/mol. The number of hydrogen-bond acceptors (Lipinski definition) is 2. The molecule has 0 atom stereocenters. The molecule has 0 unspecified atom stereocenters. The molecule has 13 heavy (non-hydrogen) atoms. The Labute approximate surface area is 79.9 Å². The molecular weight excluding hydrogens is 166 g/mol. The predicted molar refractivity (Wildman–Crippen MR) is 55.6 cm³/mol. The molecule has 76 valence electrons. The molecule has 0 aromatic heterocycles. The highest BCUT2D eigenvalue weighted by molar-refractivity contribution is 5.85. The zero-order valence-electron chi connectivity index (χ0n) is 8.42. The Morgan fingerprint density at radius 2 is 2.08 bits per heavy atom. The fraction of sp³-hybridized carbons (Fsp3) is 0.500. The van der Waals surface area contributed by atoms with Crippen LogP contribution in [0.3, 0.4) is 0 Å². The number of allylic oxidation sites excluding steroid dienone is 1. The van der Waals surface area contributed by atoms with E-state index in [9.17, 15) is 4.79 Å². The topological polar surface area (TPSA) is 63.3 Å². The minimum atomic E-state index is -0.816. The van der Waals surface area contributed by atoms with Gasteiger partial charge in [0.05, 0.1) is 0 Å². The lowest BCUT2D eigenvalue weighted by Gasteiger charge is -1.89. The van der Waals surface area contributed by atoms with Gasteiger partial charge in [0.15, 0.2) is 0 Å². The van der Waals surface area contributed by atoms with Gasteiger partial charge in [-0.25, -0.2) is 4.79 Å². The molecule has 0 fully saturated rings. The third-order valence-corrected chi connectivity index (χ3v) is 1.24. The largest absolute Gasteiger partial charge is 0.478 e. The van der Waals surface area contributed by atoms with Gasteiger partial charge in [0.1, 0.15) is 0 Å². The van der Waals surface area contributed by atoms with Crippen LogP contribution in [0, 0.1) is 0 Å². The molecule has 0 saturated carbocycles. The predicted octanol–water partition coefficient (Wildman–Crippen LogP) is 1.95. The number of rotatable bonds is 4. The SMILES string of the molecule is C=CCN.CCC/C=C(\C)C(=O)O. The summed E-state index contributed by atoms with van der Waals surface area (Å²) in [4.78, 5) is 10.1. The number of carboxylic acid groups (broad SMARTS) is 1. The number of nitrogens with two attached hydrogens (primary N) is 1. The zero-order chi connectivity index (χ0) is 10.7. The van der Waals surface area contributed by atoms with Crippen molar-refractivity contribution in [3.63, 3.8) is 0 Å². The van der Waals surface area contributed by atoms with E-state index in [0.717, 1.165) is 12.8 Å². The molecule has 0 spiro atoms. The molecule has 0 rings (SSSR count). The molecule has 0 aliphatic heterocycles. The lowest BCUT2D eigenvalue weighted by atomic mass is 10.2. The van der Waals surface area contributed by atoms with E-state index in [0.29, 0.717) is 12.1 Å². The lowest BCUT2D eigenvalue weighted by Crippen LogP contribution is -1.95. The van der Waals surface area contributed by atoms with Gasteiger partial charge >= 0.3 is 5.97 Å². The van der Waals surface area contributed by atoms with Crippen LogP contribution < -0.4 is 5.73 Å². The molecular formula is C10H19NO2. The summed E-state index contributed by atoms with van der Waals surface area (Å²) in [6, 6.07) is 0. The van der Waals surface area contributed by atoms with E-state index in [4.69, 9.17) is 10.8 Å². The van der Waals surface area contributed by atoms with Crippen molar-refractivity contribution >= 4 is 5.97 Å². The number of unbranched alkanes of at least 4 members (excludes halogenated alkanes) is 1. The molecule has 0 radical (unpaired) electrons. The molecule has 3 nitrogen and oxygen atoms in total. The summed E-state index contributed by atoms with van der Waals surface area (Å²) < 4.78 is 0. The normalized spacial score (nSPS) is 9.92. The minimum absolute atomic E-state index is 0.442. The van der Waals surface area contributed by atoms with Crippen LogP contribution in [0.2, 0.25) is 0 Å². The minimum Gasteiger partial charge on any atom is -0.478 e. The molecule has 0 amide bonds. The Kier molecular flexibility index (Phi) is 12.1. The smallest absolute Gasteiger partial charge is 0.330 e. The van der Waals surface area contributed by atoms with E-state index in [1.54, 1.807) is 19.1 Å². The second kappa shape index (κ2) is 10.9. The van der Waals surface area contributed by atoms with Crippen molar-refractivity contribution in [2.45, 2.75) is 26.7 Å². The molecule has 0 heterocycles. The van der Waals surface area contributed by atoms with Gasteiger partial charge in [-0.15, -0.1) is 6.58 Å². The maximum atomic E-state index is 10.1. The zero-order valence-corrected chi connectivity index (χ0v) is 8.42. The Morgan fingerprint density at radius 3 is 2.31 bits per heavy atom. The first kappa shape index (κ1) is 14.4. The number of aliphatic carboxylic acids is 1. The van der Waals surface area contributed by atoms with Gasteiger partial charge in [0.2, 0.25) is 0 Å². The summed E-state index contributed by atoms with van der Waals surface area (Å²) in [5.74, 6) is -0.816. The Balaban J connectivity index is 0. The van der Waals surface area contributed by atoms with Crippen molar-refractivity contribution in [1.29, 1.82) is 0 Å². The van der Waals surface area contributed by atoms with Gasteiger partial charge < -0.3 is 10.8 Å². The fourth-order valence-electron chi connectivity index (χ4n) is 0.448. The first-order chi connectivity index (χ1) is 6.09. The second-order valence-electron chi connectivity index (χ2n) is 2.51. The summed E-state index contributed by atoms with van der Waals surface area (Å²) >= 11 is 0. The number of hydrogen-bond donors (Lipinski definition) is 2. The quantitative estimate of drug-likeness (QED) is 0.519. The van der Waals surface area contributed by atoms with E-state index in [2.05, 4.69) is 6.58 Å². The Morgan fingerprint density at radius 1 is 1.62 bits per heavy atom. The molecule has 3 N–H and O–H groups in total. The van der Waals surface area contributed by atoms with Crippen molar-refractivity contribution in [1.82, 2.24) is 0 Å². The van der Waals surface area contributed by atoms with E-state index in [-0.39, 0.29) is 0 Å². The Bertz CT molecular complexity index is 174. The number of carboxylic acids is 1. The summed E-state index contributed by atoms with van der Waals surface area (Å²) in [7, 11) is 0. The monoisotopic (exact) mass is 185 g/mol. The maximum Gasteiger partial charge on any atom is 0.330 e. The van der Waals surface area contributed by atoms with Crippen molar-refractivity contribution < 1.29 is 9.90 Å². The average Bonchev–Trinajstić information content (AvgIpc) is 2.14. The van der Waals surface area contributed by atoms with E-state index >= 15 is 0 Å². The fourth-order valence-corrected chi connectivity index (χ4v) is 0.448. The van der Waals surface area contributed by atoms with Crippen LogP contribution in [0.1, 0.15) is 26.7 Å². The van der Waals surface area contributed by atoms with Crippen molar-refractivity contribution in [2.24, 2.45) is 5.73 Å². The van der Waals surface area contributed by atoms with Gasteiger partial charge in [0, 0.05) is 12.1 Å². The van der Waals surface area contributed by atoms with Crippen LogP contribution in [0.25, 0.3) is 0 Å². The molecule has 0 bridgehead atoms. The van der Waals surface area contributed by atoms with Crippen LogP contribution in [0.4, 0.5) is 0 Å². The van der Waals surface area contributed by atoms with Crippen molar-refractivity contribution in [3.8, 4) is 0 Å². The second-order valence-corrected chi connectivity index (χ2v) is 2.51. The molecule has 0 aromatic carbocycles. The Hall–Kier alpha value is -1.09. The van der Waals surface area contributed by atoms with Gasteiger partial charge in [-0.05, 0) is 13.3 Å². The van der Waals surface area contributed by atoms with Crippen molar-refractivity contribution in [2.75, 3.05) is 6.54 Å². The summed E-state index contributed by atoms with van der Waals surface area (Å²) in [6.45, 7) is 7.57. The highest BCUT2D eigenvalue weighted by atomic mass is 16.4. The van der Waals surface area contributed by atoms with E-state index in [1.807, 2.05) is 6.92 Å². The molecule has 0 aliphatic rings. The first-order valence-electron chi connectivity index (χ1n) is 4.31. The molecule has 0 saturated heterocycles. The van der Waals surface area contributed by atoms with Crippen LogP contribution in [-0.2, 0) is 4.79 Å². The standard InChI is InChI=1S/C7H12O2.C3H7N/c1-3-4-5-6(2)7(8)9;1-2-3-4/h5H,3-4H2,1-2H3,(H,8,9);2H,1,3-4H2/b6-5+;. The molecule has 3 heteroatoms. The van der Waals surface area contributed by atoms with Gasteiger partial charge in [0.25, 0.3) is 0 Å². The lowest BCUT2D eigenvalue weighted by molar-refractivity contribution is -0.132. The molecule has 0 aliphatic carbocycles. The van der Waals surface area contributed by atoms with Crippen LogP contribution in [0.5, 0.6) is 0 Å². The molecule has 0 aromatic rings. The van der Waals surface area contributed by atoms with E-state index in [1.165, 1.54) is 0 Å². The van der Waals surface area contributed by atoms with Crippen LogP contribution >= 0.6 is 0 Å². The highest BCUT2D eigenvalue weighted by Gasteiger charge is 1.95. The summed E-state index contributed by atoms with van der Waals surface area (Å²) in [6.07, 6.45) is 5.26. The van der Waals surface area contributed by atoms with E-state index < -0.39 is 5.97 Å². The highest BCUT2D eigenvalue weighted by Crippen LogP contribution is 1.96. The van der Waals surface area contributed by atoms with Crippen LogP contribution in [-0.4, -0.2) is 17.6 Å². The maximum absolute atomic E-state index is 10.1. The van der Waals surface area contributed by atoms with Crippen LogP contribution in [0.15, 0.2) is 24.3 Å². The van der Waals surface area contributed by atoms with Gasteiger partial charge in [-0.3, -0.25) is 0 Å². The first-order valence-corrected chi connectivity index (χ1v) is 4.31. The van der Waals surface area contributed by atoms with Gasteiger partial charge in [-0.2, -0.15) is 0 Å².